The number of hydrogen-bond donors (Lipinski definition) is 1. The van der Waals surface area contributed by atoms with E-state index in [4.69, 9.17) is 11.6 Å². The fraction of sp³-hybridized carbons (Fsp3) is 0.182. The summed E-state index contributed by atoms with van der Waals surface area (Å²) in [7, 11) is 1.85. The number of amides is 3. The lowest BCUT2D eigenvalue weighted by Gasteiger charge is -2.20. The largest absolute Gasteiger partial charge is 0.338 e. The second kappa shape index (κ2) is 8.12. The number of nitrogens with one attached hydrogen (secondary N) is 1. The van der Waals surface area contributed by atoms with Gasteiger partial charge in [-0.2, -0.15) is 0 Å². The van der Waals surface area contributed by atoms with Crippen molar-refractivity contribution in [3.63, 3.8) is 0 Å². The highest BCUT2D eigenvalue weighted by Crippen LogP contribution is 2.25. The van der Waals surface area contributed by atoms with Crippen molar-refractivity contribution in [2.24, 2.45) is 7.05 Å². The van der Waals surface area contributed by atoms with E-state index in [0.717, 1.165) is 10.5 Å². The van der Waals surface area contributed by atoms with Gasteiger partial charge in [0.15, 0.2) is 0 Å². The second-order valence-corrected chi connectivity index (χ2v) is 7.46. The zero-order valence-electron chi connectivity index (χ0n) is 16.2. The lowest BCUT2D eigenvalue weighted by molar-refractivity contribution is -0.121. The first-order valence-electron chi connectivity index (χ1n) is 9.43. The summed E-state index contributed by atoms with van der Waals surface area (Å²) in [5.74, 6) is -0.208. The molecule has 1 aromatic heterocycles. The van der Waals surface area contributed by atoms with Crippen LogP contribution in [0, 0.1) is 0 Å². The molecule has 0 unspecified atom stereocenters. The van der Waals surface area contributed by atoms with Crippen LogP contribution in [0.5, 0.6) is 0 Å². The molecule has 3 aromatic rings. The molecule has 2 heterocycles. The Labute approximate surface area is 178 Å². The zero-order chi connectivity index (χ0) is 21.3. The van der Waals surface area contributed by atoms with Gasteiger partial charge in [-0.05, 0) is 35.9 Å². The number of hydrogen-bond acceptors (Lipinski definition) is 4. The number of imide groups is 1. The number of imidazole rings is 1. The molecule has 7 nitrogen and oxygen atoms in total. The van der Waals surface area contributed by atoms with Gasteiger partial charge in [-0.25, -0.2) is 4.98 Å². The zero-order valence-corrected chi connectivity index (χ0v) is 17.0. The monoisotopic (exact) mass is 422 g/mol. The van der Waals surface area contributed by atoms with Crippen molar-refractivity contribution in [3.05, 3.63) is 82.9 Å². The number of aromatic nitrogens is 2. The van der Waals surface area contributed by atoms with Gasteiger partial charge in [0.1, 0.15) is 11.9 Å². The van der Waals surface area contributed by atoms with E-state index >= 15 is 0 Å². The molecule has 30 heavy (non-hydrogen) atoms. The smallest absolute Gasteiger partial charge is 0.252 e. The molecule has 8 heteroatoms. The van der Waals surface area contributed by atoms with Gasteiger partial charge in [-0.3, -0.25) is 19.3 Å². The maximum atomic E-state index is 13.1. The van der Waals surface area contributed by atoms with Crippen molar-refractivity contribution in [3.8, 4) is 0 Å². The lowest BCUT2D eigenvalue weighted by Crippen LogP contribution is -2.32. The van der Waals surface area contributed by atoms with Crippen molar-refractivity contribution in [2.75, 3.05) is 4.90 Å². The fourth-order valence-corrected chi connectivity index (χ4v) is 3.60. The molecule has 0 saturated carbocycles. The van der Waals surface area contributed by atoms with Crippen molar-refractivity contribution in [1.82, 2.24) is 14.9 Å². The number of carbonyl (C=O) groups is 3. The normalized spacial score (nSPS) is 14.8. The van der Waals surface area contributed by atoms with Crippen LogP contribution in [0.25, 0.3) is 0 Å². The molecule has 2 aromatic carbocycles. The summed E-state index contributed by atoms with van der Waals surface area (Å²) in [6, 6.07) is 13.2. The van der Waals surface area contributed by atoms with Gasteiger partial charge in [-0.15, -0.1) is 0 Å². The molecule has 1 N–H and O–H groups in total. The number of halogens is 1. The summed E-state index contributed by atoms with van der Waals surface area (Å²) in [5, 5.41) is 3.59. The molecule has 1 atom stereocenters. The molecule has 0 aliphatic carbocycles. The Bertz CT molecular complexity index is 1110. The van der Waals surface area contributed by atoms with Crippen LogP contribution in [0.3, 0.4) is 0 Å². The number of anilines is 1. The van der Waals surface area contributed by atoms with Gasteiger partial charge >= 0.3 is 0 Å². The fourth-order valence-electron chi connectivity index (χ4n) is 3.47. The highest BCUT2D eigenvalue weighted by atomic mass is 35.5. The van der Waals surface area contributed by atoms with Crippen LogP contribution in [-0.2, 0) is 16.6 Å². The summed E-state index contributed by atoms with van der Waals surface area (Å²) < 4.78 is 1.83. The molecular formula is C22H19ClN4O3. The maximum absolute atomic E-state index is 13.1. The van der Waals surface area contributed by atoms with Crippen LogP contribution in [0.4, 0.5) is 5.69 Å². The second-order valence-electron chi connectivity index (χ2n) is 7.03. The molecule has 1 aliphatic heterocycles. The third kappa shape index (κ3) is 3.84. The van der Waals surface area contributed by atoms with E-state index in [2.05, 4.69) is 10.3 Å². The molecule has 0 spiro atoms. The number of benzene rings is 2. The van der Waals surface area contributed by atoms with E-state index in [1.165, 1.54) is 0 Å². The summed E-state index contributed by atoms with van der Waals surface area (Å²) in [4.78, 5) is 42.6. The standard InChI is InChI=1S/C22H19ClN4O3/c1-26-12-11-24-21(26)20(14-5-7-16(23)8-6-14)25-22(30)15-3-2-4-17(13-15)27-18(28)9-10-19(27)29/h2-8,11-13,20H,9-10H2,1H3,(H,25,30)/t20-/m1/s1. The Morgan fingerprint density at radius 3 is 2.43 bits per heavy atom. The SMILES string of the molecule is Cn1ccnc1[C@H](NC(=O)c1cccc(N2C(=O)CCC2=O)c1)c1ccc(Cl)cc1. The van der Waals surface area contributed by atoms with Gasteiger partial charge in [0.25, 0.3) is 5.91 Å². The molecule has 3 amide bonds. The molecule has 1 fully saturated rings. The van der Waals surface area contributed by atoms with Crippen LogP contribution < -0.4 is 10.2 Å². The van der Waals surface area contributed by atoms with E-state index in [9.17, 15) is 14.4 Å². The number of carbonyl (C=O) groups excluding carboxylic acids is 3. The molecule has 4 rings (SSSR count). The van der Waals surface area contributed by atoms with Gasteiger partial charge in [0, 0.05) is 42.9 Å². The minimum absolute atomic E-state index is 0.188. The van der Waals surface area contributed by atoms with Crippen molar-refractivity contribution >= 4 is 35.0 Å². The minimum atomic E-state index is -0.506. The van der Waals surface area contributed by atoms with Crippen LogP contribution in [-0.4, -0.2) is 27.3 Å². The Kier molecular flexibility index (Phi) is 5.37. The molecule has 152 valence electrons. The van der Waals surface area contributed by atoms with E-state index in [0.29, 0.717) is 22.1 Å². The van der Waals surface area contributed by atoms with Crippen molar-refractivity contribution < 1.29 is 14.4 Å². The van der Waals surface area contributed by atoms with E-state index in [-0.39, 0.29) is 30.6 Å². The Hall–Kier alpha value is -3.45. The van der Waals surface area contributed by atoms with Gasteiger partial charge in [0.05, 0.1) is 5.69 Å². The molecule has 0 bridgehead atoms. The first-order chi connectivity index (χ1) is 14.4. The van der Waals surface area contributed by atoms with E-state index < -0.39 is 6.04 Å². The highest BCUT2D eigenvalue weighted by Gasteiger charge is 2.30. The van der Waals surface area contributed by atoms with Crippen LogP contribution in [0.2, 0.25) is 5.02 Å². The molecule has 1 aliphatic rings. The van der Waals surface area contributed by atoms with Gasteiger partial charge < -0.3 is 9.88 Å². The van der Waals surface area contributed by atoms with Crippen molar-refractivity contribution in [2.45, 2.75) is 18.9 Å². The molecular weight excluding hydrogens is 404 g/mol. The molecule has 0 radical (unpaired) electrons. The first kappa shape index (κ1) is 19.8. The van der Waals surface area contributed by atoms with Crippen LogP contribution >= 0.6 is 11.6 Å². The summed E-state index contributed by atoms with van der Waals surface area (Å²) in [6.45, 7) is 0. The van der Waals surface area contributed by atoms with E-state index in [1.807, 2.05) is 23.7 Å². The third-order valence-electron chi connectivity index (χ3n) is 5.01. The maximum Gasteiger partial charge on any atom is 0.252 e. The first-order valence-corrected chi connectivity index (χ1v) is 9.81. The number of aryl methyl sites for hydroxylation is 1. The summed E-state index contributed by atoms with van der Waals surface area (Å²) in [5.41, 5.74) is 1.56. The Morgan fingerprint density at radius 1 is 1.10 bits per heavy atom. The van der Waals surface area contributed by atoms with Crippen LogP contribution in [0.15, 0.2) is 60.9 Å². The lowest BCUT2D eigenvalue weighted by atomic mass is 10.0. The number of nitrogens with zero attached hydrogens (tertiary/aromatic N) is 3. The summed E-state index contributed by atoms with van der Waals surface area (Å²) >= 11 is 6.01. The number of rotatable bonds is 5. The highest BCUT2D eigenvalue weighted by molar-refractivity contribution is 6.30. The Morgan fingerprint density at radius 2 is 1.80 bits per heavy atom. The quantitative estimate of drug-likeness (QED) is 0.640. The molecule has 1 saturated heterocycles. The predicted octanol–water partition coefficient (Wildman–Crippen LogP) is 3.25. The summed E-state index contributed by atoms with van der Waals surface area (Å²) in [6.07, 6.45) is 3.84. The van der Waals surface area contributed by atoms with Crippen LogP contribution in [0.1, 0.15) is 40.6 Å². The minimum Gasteiger partial charge on any atom is -0.338 e. The Balaban J connectivity index is 1.64. The van der Waals surface area contributed by atoms with Gasteiger partial charge in [-0.1, -0.05) is 29.8 Å². The third-order valence-corrected chi connectivity index (χ3v) is 5.27. The predicted molar refractivity (Wildman–Crippen MR) is 112 cm³/mol. The average molecular weight is 423 g/mol. The topological polar surface area (TPSA) is 84.3 Å². The van der Waals surface area contributed by atoms with E-state index in [1.54, 1.807) is 48.8 Å². The van der Waals surface area contributed by atoms with Gasteiger partial charge in [0.2, 0.25) is 11.8 Å². The van der Waals surface area contributed by atoms with Crippen molar-refractivity contribution in [1.29, 1.82) is 0 Å². The average Bonchev–Trinajstić information content (AvgIpc) is 3.31.